The number of rotatable bonds is 4. The van der Waals surface area contributed by atoms with Gasteiger partial charge in [0.2, 0.25) is 0 Å². The first-order valence-corrected chi connectivity index (χ1v) is 6.01. The third-order valence-electron chi connectivity index (χ3n) is 2.13. The molecule has 0 saturated carbocycles. The van der Waals surface area contributed by atoms with Crippen LogP contribution in [0, 0.1) is 0 Å². The Bertz CT molecular complexity index is 455. The van der Waals surface area contributed by atoms with E-state index < -0.39 is 0 Å². The maximum absolute atomic E-state index is 8.90. The number of hydrogen-bond donors (Lipinski definition) is 2. The molecule has 16 heavy (non-hydrogen) atoms. The van der Waals surface area contributed by atoms with Crippen molar-refractivity contribution in [1.29, 1.82) is 0 Å². The van der Waals surface area contributed by atoms with Crippen molar-refractivity contribution in [2.24, 2.45) is 0 Å². The highest BCUT2D eigenvalue weighted by atomic mass is 35.5. The van der Waals surface area contributed by atoms with Crippen LogP contribution in [0.5, 0.6) is 0 Å². The Labute approximate surface area is 103 Å². The summed E-state index contributed by atoms with van der Waals surface area (Å²) in [6, 6.07) is 7.66. The number of nitrogens with one attached hydrogen (secondary N) is 1. The van der Waals surface area contributed by atoms with E-state index in [-0.39, 0.29) is 6.61 Å². The molecule has 3 nitrogen and oxygen atoms in total. The Morgan fingerprint density at radius 2 is 2.06 bits per heavy atom. The molecule has 5 heteroatoms. The summed E-state index contributed by atoms with van der Waals surface area (Å²) < 4.78 is 0.562. The van der Waals surface area contributed by atoms with Gasteiger partial charge in [-0.25, -0.2) is 4.98 Å². The van der Waals surface area contributed by atoms with E-state index in [4.69, 9.17) is 16.7 Å². The summed E-state index contributed by atoms with van der Waals surface area (Å²) in [4.78, 5) is 5.06. The normalized spacial score (nSPS) is 10.4. The van der Waals surface area contributed by atoms with Gasteiger partial charge in [-0.3, -0.25) is 0 Å². The Hall–Kier alpha value is -1.10. The van der Waals surface area contributed by atoms with Gasteiger partial charge in [0.1, 0.15) is 0 Å². The lowest BCUT2D eigenvalue weighted by atomic mass is 10.2. The molecule has 2 rings (SSSR count). The van der Waals surface area contributed by atoms with Gasteiger partial charge in [-0.1, -0.05) is 23.7 Å². The van der Waals surface area contributed by atoms with Crippen LogP contribution in [0.25, 0.3) is 0 Å². The molecule has 0 aliphatic heterocycles. The number of aromatic nitrogens is 1. The first-order valence-electron chi connectivity index (χ1n) is 4.82. The predicted molar refractivity (Wildman–Crippen MR) is 66.8 cm³/mol. The SMILES string of the molecule is OCc1ccc(NCc2cnc(Cl)s2)cc1. The number of halogens is 1. The fourth-order valence-corrected chi connectivity index (χ4v) is 2.20. The smallest absolute Gasteiger partial charge is 0.183 e. The van der Waals surface area contributed by atoms with Gasteiger partial charge in [-0.05, 0) is 17.7 Å². The van der Waals surface area contributed by atoms with Gasteiger partial charge in [0.05, 0.1) is 13.2 Å². The van der Waals surface area contributed by atoms with Gasteiger partial charge in [-0.15, -0.1) is 11.3 Å². The molecule has 84 valence electrons. The van der Waals surface area contributed by atoms with Crippen molar-refractivity contribution in [1.82, 2.24) is 4.98 Å². The monoisotopic (exact) mass is 254 g/mol. The molecule has 2 N–H and O–H groups in total. The number of aliphatic hydroxyl groups is 1. The molecule has 2 aromatic rings. The highest BCUT2D eigenvalue weighted by Crippen LogP contribution is 2.19. The van der Waals surface area contributed by atoms with E-state index in [0.29, 0.717) is 11.0 Å². The maximum Gasteiger partial charge on any atom is 0.183 e. The second-order valence-corrected chi connectivity index (χ2v) is 4.99. The van der Waals surface area contributed by atoms with Crippen molar-refractivity contribution < 1.29 is 5.11 Å². The van der Waals surface area contributed by atoms with Crippen LogP contribution < -0.4 is 5.32 Å². The van der Waals surface area contributed by atoms with E-state index in [0.717, 1.165) is 16.1 Å². The molecular formula is C11H11ClN2OS. The number of thiazole rings is 1. The Morgan fingerprint density at radius 3 is 2.62 bits per heavy atom. The van der Waals surface area contributed by atoms with Gasteiger partial charge in [0.15, 0.2) is 4.47 Å². The number of aliphatic hydroxyl groups excluding tert-OH is 1. The Kier molecular flexibility index (Phi) is 3.77. The van der Waals surface area contributed by atoms with E-state index in [1.807, 2.05) is 24.3 Å². The summed E-state index contributed by atoms with van der Waals surface area (Å²) in [5, 5.41) is 12.2. The molecule has 0 spiro atoms. The van der Waals surface area contributed by atoms with Crippen molar-refractivity contribution in [3.8, 4) is 0 Å². The van der Waals surface area contributed by atoms with Gasteiger partial charge in [0.25, 0.3) is 0 Å². The summed E-state index contributed by atoms with van der Waals surface area (Å²) in [6.07, 6.45) is 1.77. The zero-order chi connectivity index (χ0) is 11.4. The molecule has 0 unspecified atom stereocenters. The van der Waals surface area contributed by atoms with Crippen LogP contribution in [0.2, 0.25) is 4.47 Å². The third-order valence-corrected chi connectivity index (χ3v) is 3.24. The lowest BCUT2D eigenvalue weighted by Crippen LogP contribution is -1.97. The molecule has 0 bridgehead atoms. The molecule has 1 aromatic carbocycles. The predicted octanol–water partition coefficient (Wildman–Crippen LogP) is 2.90. The Morgan fingerprint density at radius 1 is 1.31 bits per heavy atom. The first kappa shape index (κ1) is 11.4. The standard InChI is InChI=1S/C11H11ClN2OS/c12-11-14-6-10(16-11)5-13-9-3-1-8(7-15)2-4-9/h1-4,6,13,15H,5,7H2. The van der Waals surface area contributed by atoms with Crippen LogP contribution in [0.3, 0.4) is 0 Å². The van der Waals surface area contributed by atoms with E-state index in [9.17, 15) is 0 Å². The average Bonchev–Trinajstić information content (AvgIpc) is 2.73. The molecule has 1 heterocycles. The van der Waals surface area contributed by atoms with Crippen LogP contribution in [0.1, 0.15) is 10.4 Å². The topological polar surface area (TPSA) is 45.1 Å². The molecule has 0 aliphatic carbocycles. The highest BCUT2D eigenvalue weighted by molar-refractivity contribution is 7.15. The minimum atomic E-state index is 0.0741. The Balaban J connectivity index is 1.94. The number of nitrogens with zero attached hydrogens (tertiary/aromatic N) is 1. The first-order chi connectivity index (χ1) is 7.78. The second kappa shape index (κ2) is 5.30. The van der Waals surface area contributed by atoms with Gasteiger partial charge >= 0.3 is 0 Å². The summed E-state index contributed by atoms with van der Waals surface area (Å²) >= 11 is 7.20. The van der Waals surface area contributed by atoms with Crippen LogP contribution in [0.15, 0.2) is 30.5 Å². The van der Waals surface area contributed by atoms with Crippen molar-refractivity contribution in [2.75, 3.05) is 5.32 Å². The molecule has 0 aliphatic rings. The zero-order valence-corrected chi connectivity index (χ0v) is 10.1. The molecule has 0 amide bonds. The molecule has 0 saturated heterocycles. The molecule has 0 atom stereocenters. The van der Waals surface area contributed by atoms with Gasteiger partial charge in [0, 0.05) is 16.8 Å². The maximum atomic E-state index is 8.90. The zero-order valence-electron chi connectivity index (χ0n) is 8.48. The minimum Gasteiger partial charge on any atom is -0.392 e. The summed E-state index contributed by atoms with van der Waals surface area (Å²) in [5.41, 5.74) is 1.92. The van der Waals surface area contributed by atoms with Crippen molar-refractivity contribution in [2.45, 2.75) is 13.2 Å². The van der Waals surface area contributed by atoms with Crippen molar-refractivity contribution in [3.05, 3.63) is 45.4 Å². The number of benzene rings is 1. The van der Waals surface area contributed by atoms with Crippen molar-refractivity contribution in [3.63, 3.8) is 0 Å². The molecule has 1 aromatic heterocycles. The molecule has 0 fully saturated rings. The summed E-state index contributed by atoms with van der Waals surface area (Å²) in [5.74, 6) is 0. The van der Waals surface area contributed by atoms with Crippen LogP contribution in [0.4, 0.5) is 5.69 Å². The van der Waals surface area contributed by atoms with Crippen LogP contribution >= 0.6 is 22.9 Å². The van der Waals surface area contributed by atoms with E-state index >= 15 is 0 Å². The summed E-state index contributed by atoms with van der Waals surface area (Å²) in [7, 11) is 0. The largest absolute Gasteiger partial charge is 0.392 e. The van der Waals surface area contributed by atoms with Crippen LogP contribution in [-0.2, 0) is 13.2 Å². The van der Waals surface area contributed by atoms with E-state index in [1.165, 1.54) is 11.3 Å². The van der Waals surface area contributed by atoms with E-state index in [2.05, 4.69) is 10.3 Å². The summed E-state index contributed by atoms with van der Waals surface area (Å²) in [6.45, 7) is 0.785. The van der Waals surface area contributed by atoms with Crippen LogP contribution in [-0.4, -0.2) is 10.1 Å². The number of hydrogen-bond acceptors (Lipinski definition) is 4. The lowest BCUT2D eigenvalue weighted by molar-refractivity contribution is 0.282. The quantitative estimate of drug-likeness (QED) is 0.882. The molecule has 0 radical (unpaired) electrons. The minimum absolute atomic E-state index is 0.0741. The second-order valence-electron chi connectivity index (χ2n) is 3.29. The van der Waals surface area contributed by atoms with Gasteiger partial charge < -0.3 is 10.4 Å². The third kappa shape index (κ3) is 2.95. The highest BCUT2D eigenvalue weighted by Gasteiger charge is 1.99. The average molecular weight is 255 g/mol. The number of anilines is 1. The fourth-order valence-electron chi connectivity index (χ4n) is 1.28. The lowest BCUT2D eigenvalue weighted by Gasteiger charge is -2.04. The van der Waals surface area contributed by atoms with Gasteiger partial charge in [-0.2, -0.15) is 0 Å². The van der Waals surface area contributed by atoms with Crippen molar-refractivity contribution >= 4 is 28.6 Å². The van der Waals surface area contributed by atoms with E-state index in [1.54, 1.807) is 6.20 Å². The molecular weight excluding hydrogens is 244 g/mol. The fraction of sp³-hybridized carbons (Fsp3) is 0.182.